The molecular formula is C23H20FN5O3. The molecule has 0 atom stereocenters. The highest BCUT2D eigenvalue weighted by Gasteiger charge is 2.14. The van der Waals surface area contributed by atoms with Crippen LogP contribution >= 0.6 is 0 Å². The Bertz CT molecular complexity index is 1270. The van der Waals surface area contributed by atoms with Gasteiger partial charge in [-0.2, -0.15) is 9.37 Å². The van der Waals surface area contributed by atoms with E-state index in [4.69, 9.17) is 9.47 Å². The van der Waals surface area contributed by atoms with E-state index in [9.17, 15) is 9.18 Å². The lowest BCUT2D eigenvalue weighted by atomic mass is 10.1. The van der Waals surface area contributed by atoms with Crippen molar-refractivity contribution in [3.63, 3.8) is 0 Å². The van der Waals surface area contributed by atoms with Crippen LogP contribution < -0.4 is 25.6 Å². The van der Waals surface area contributed by atoms with Crippen LogP contribution in [0.15, 0.2) is 66.7 Å². The van der Waals surface area contributed by atoms with E-state index in [1.165, 1.54) is 14.2 Å². The van der Waals surface area contributed by atoms with Crippen molar-refractivity contribution in [2.75, 3.05) is 25.0 Å². The average Bonchev–Trinajstić information content (AvgIpc) is 2.82. The number of carbonyl (C=O) groups excluding carboxylic acids is 1. The molecule has 32 heavy (non-hydrogen) atoms. The van der Waals surface area contributed by atoms with E-state index < -0.39 is 6.08 Å². The maximum Gasteiger partial charge on any atom is 0.311 e. The second-order valence-electron chi connectivity index (χ2n) is 6.72. The molecule has 0 radical (unpaired) electrons. The number of rotatable bonds is 7. The Morgan fingerprint density at radius 2 is 1.59 bits per heavy atom. The summed E-state index contributed by atoms with van der Waals surface area (Å²) in [4.78, 5) is 20.2. The third kappa shape index (κ3) is 4.51. The number of anilines is 3. The maximum atomic E-state index is 14.1. The van der Waals surface area contributed by atoms with E-state index in [-0.39, 0.29) is 11.7 Å². The molecule has 162 valence electrons. The molecule has 0 unspecified atom stereocenters. The van der Waals surface area contributed by atoms with Crippen molar-refractivity contribution in [2.45, 2.75) is 0 Å². The largest absolute Gasteiger partial charge is 0.493 e. The Balaban J connectivity index is 1.60. The second kappa shape index (κ2) is 9.17. The van der Waals surface area contributed by atoms with Crippen molar-refractivity contribution in [3.8, 4) is 11.5 Å². The van der Waals surface area contributed by atoms with Gasteiger partial charge in [0.15, 0.2) is 11.5 Å². The van der Waals surface area contributed by atoms with Crippen molar-refractivity contribution in [1.29, 1.82) is 0 Å². The molecule has 9 heteroatoms. The minimum Gasteiger partial charge on any atom is -0.493 e. The van der Waals surface area contributed by atoms with Gasteiger partial charge in [0.05, 0.1) is 25.4 Å². The number of nitrogens with one attached hydrogen (secondary N) is 3. The fraction of sp³-hybridized carbons (Fsp3) is 0.0870. The van der Waals surface area contributed by atoms with E-state index >= 15 is 0 Å². The monoisotopic (exact) mass is 433 g/mol. The first-order valence-corrected chi connectivity index (χ1v) is 9.65. The Morgan fingerprint density at radius 1 is 0.875 bits per heavy atom. The molecule has 0 aliphatic rings. The zero-order valence-electron chi connectivity index (χ0n) is 17.3. The summed E-state index contributed by atoms with van der Waals surface area (Å²) in [5, 5.41) is 3.59. The molecule has 0 aliphatic carbocycles. The van der Waals surface area contributed by atoms with Crippen LogP contribution in [0.25, 0.3) is 10.9 Å². The van der Waals surface area contributed by atoms with Gasteiger partial charge in [0.2, 0.25) is 0 Å². The summed E-state index contributed by atoms with van der Waals surface area (Å²) in [6.45, 7) is 0. The summed E-state index contributed by atoms with van der Waals surface area (Å²) >= 11 is 0. The zero-order valence-corrected chi connectivity index (χ0v) is 17.3. The highest BCUT2D eigenvalue weighted by Crippen LogP contribution is 2.34. The number of methoxy groups -OCH3 is 2. The summed E-state index contributed by atoms with van der Waals surface area (Å²) in [5.41, 5.74) is 7.54. The van der Waals surface area contributed by atoms with E-state index in [2.05, 4.69) is 26.1 Å². The SMILES string of the molecule is COc1cc2nc(F)nc(Nc3cccc(C(=O)NNc4ccccc4)c3)c2cc1OC. The number of hydrogen-bond donors (Lipinski definition) is 3. The fourth-order valence-electron chi connectivity index (χ4n) is 3.12. The number of hydrazine groups is 1. The number of hydrogen-bond acceptors (Lipinski definition) is 7. The number of aromatic nitrogens is 2. The topological polar surface area (TPSA) is 97.4 Å². The number of carbonyl (C=O) groups is 1. The van der Waals surface area contributed by atoms with E-state index in [1.54, 1.807) is 36.4 Å². The lowest BCUT2D eigenvalue weighted by Gasteiger charge is -2.13. The molecule has 3 aromatic carbocycles. The average molecular weight is 433 g/mol. The molecule has 0 spiro atoms. The van der Waals surface area contributed by atoms with Gasteiger partial charge in [-0.1, -0.05) is 24.3 Å². The molecule has 0 bridgehead atoms. The van der Waals surface area contributed by atoms with Gasteiger partial charge >= 0.3 is 6.08 Å². The van der Waals surface area contributed by atoms with Crippen LogP contribution in [0.5, 0.6) is 11.5 Å². The predicted molar refractivity (Wildman–Crippen MR) is 120 cm³/mol. The summed E-state index contributed by atoms with van der Waals surface area (Å²) < 4.78 is 24.7. The summed E-state index contributed by atoms with van der Waals surface area (Å²) in [5.74, 6) is 0.781. The van der Waals surface area contributed by atoms with Crippen LogP contribution in [-0.2, 0) is 0 Å². The number of ether oxygens (including phenoxy) is 2. The van der Waals surface area contributed by atoms with Crippen LogP contribution in [0.1, 0.15) is 10.4 Å². The van der Waals surface area contributed by atoms with Gasteiger partial charge in [0.1, 0.15) is 5.82 Å². The Kier molecular flexibility index (Phi) is 5.98. The fourth-order valence-corrected chi connectivity index (χ4v) is 3.12. The zero-order chi connectivity index (χ0) is 22.5. The number of benzene rings is 3. The smallest absolute Gasteiger partial charge is 0.311 e. The molecule has 8 nitrogen and oxygen atoms in total. The Hall–Kier alpha value is -4.40. The molecule has 3 N–H and O–H groups in total. The standard InChI is InChI=1S/C23H20FN5O3/c1-31-19-12-17-18(13-20(19)32-2)26-23(24)27-21(17)25-16-10-6-7-14(11-16)22(30)29-28-15-8-4-3-5-9-15/h3-13,28H,1-2H3,(H,29,30)(H,25,26,27). The highest BCUT2D eigenvalue weighted by atomic mass is 19.1. The van der Waals surface area contributed by atoms with E-state index in [0.29, 0.717) is 33.7 Å². The van der Waals surface area contributed by atoms with E-state index in [1.807, 2.05) is 30.3 Å². The molecular weight excluding hydrogens is 413 g/mol. The van der Waals surface area contributed by atoms with Gasteiger partial charge < -0.3 is 14.8 Å². The summed E-state index contributed by atoms with van der Waals surface area (Å²) in [6, 6.07) is 19.2. The first-order valence-electron chi connectivity index (χ1n) is 9.65. The summed E-state index contributed by atoms with van der Waals surface area (Å²) in [6.07, 6.45) is -0.895. The number of para-hydroxylation sites is 1. The third-order valence-corrected chi connectivity index (χ3v) is 4.66. The lowest BCUT2D eigenvalue weighted by molar-refractivity contribution is 0.0962. The lowest BCUT2D eigenvalue weighted by Crippen LogP contribution is -2.29. The van der Waals surface area contributed by atoms with Crippen molar-refractivity contribution >= 4 is 34.0 Å². The minimum atomic E-state index is -0.895. The Morgan fingerprint density at radius 3 is 2.34 bits per heavy atom. The molecule has 1 aromatic heterocycles. The molecule has 0 aliphatic heterocycles. The Labute approximate surface area is 183 Å². The quantitative estimate of drug-likeness (QED) is 0.296. The maximum absolute atomic E-state index is 14.1. The van der Waals surface area contributed by atoms with Gasteiger partial charge in [0.25, 0.3) is 5.91 Å². The molecule has 0 saturated heterocycles. The van der Waals surface area contributed by atoms with Gasteiger partial charge in [-0.15, -0.1) is 0 Å². The van der Waals surface area contributed by atoms with Crippen molar-refractivity contribution in [3.05, 3.63) is 78.4 Å². The van der Waals surface area contributed by atoms with Crippen LogP contribution in [0, 0.1) is 6.08 Å². The molecule has 0 saturated carbocycles. The third-order valence-electron chi connectivity index (χ3n) is 4.66. The number of fused-ring (bicyclic) bond motifs is 1. The van der Waals surface area contributed by atoms with Crippen LogP contribution in [-0.4, -0.2) is 30.1 Å². The second-order valence-corrected chi connectivity index (χ2v) is 6.72. The van der Waals surface area contributed by atoms with E-state index in [0.717, 1.165) is 5.69 Å². The van der Waals surface area contributed by atoms with Crippen molar-refractivity contribution in [1.82, 2.24) is 15.4 Å². The number of amides is 1. The highest BCUT2D eigenvalue weighted by molar-refractivity contribution is 5.97. The first kappa shape index (κ1) is 20.9. The van der Waals surface area contributed by atoms with Gasteiger partial charge in [-0.25, -0.2) is 4.98 Å². The van der Waals surface area contributed by atoms with Gasteiger partial charge in [-0.3, -0.25) is 15.6 Å². The van der Waals surface area contributed by atoms with Crippen LogP contribution in [0.4, 0.5) is 21.6 Å². The molecule has 4 aromatic rings. The van der Waals surface area contributed by atoms with Gasteiger partial charge in [0, 0.05) is 22.7 Å². The summed E-state index contributed by atoms with van der Waals surface area (Å²) in [7, 11) is 3.00. The van der Waals surface area contributed by atoms with Gasteiger partial charge in [-0.05, 0) is 36.4 Å². The molecule has 0 fully saturated rings. The number of halogens is 1. The number of nitrogens with zero attached hydrogens (tertiary/aromatic N) is 2. The van der Waals surface area contributed by atoms with Crippen molar-refractivity contribution < 1.29 is 18.7 Å². The van der Waals surface area contributed by atoms with Crippen LogP contribution in [0.2, 0.25) is 0 Å². The molecule has 1 heterocycles. The van der Waals surface area contributed by atoms with Crippen LogP contribution in [0.3, 0.4) is 0 Å². The van der Waals surface area contributed by atoms with Crippen molar-refractivity contribution in [2.24, 2.45) is 0 Å². The predicted octanol–water partition coefficient (Wildman–Crippen LogP) is 4.29. The minimum absolute atomic E-state index is 0.230. The normalized spacial score (nSPS) is 10.5. The molecule has 4 rings (SSSR count). The first-order chi connectivity index (χ1) is 15.6. The molecule has 1 amide bonds.